The lowest BCUT2D eigenvalue weighted by Crippen LogP contribution is -2.41. The van der Waals surface area contributed by atoms with E-state index in [0.717, 1.165) is 6.07 Å². The molecule has 0 aliphatic rings. The topological polar surface area (TPSA) is 46.6 Å². The molecule has 0 heterocycles. The molecule has 0 saturated carbocycles. The fourth-order valence-electron chi connectivity index (χ4n) is 1.63. The summed E-state index contributed by atoms with van der Waals surface area (Å²) in [4.78, 5) is 25.2. The predicted octanol–water partition coefficient (Wildman–Crippen LogP) is 2.89. The van der Waals surface area contributed by atoms with Crippen LogP contribution < -0.4 is 0 Å². The van der Waals surface area contributed by atoms with Crippen molar-refractivity contribution in [3.05, 3.63) is 34.6 Å². The Labute approximate surface area is 122 Å². The zero-order valence-electron chi connectivity index (χ0n) is 11.7. The Morgan fingerprint density at radius 2 is 2.05 bits per heavy atom. The predicted molar refractivity (Wildman–Crippen MR) is 74.2 cm³/mol. The molecule has 0 radical (unpaired) electrons. The van der Waals surface area contributed by atoms with Crippen molar-refractivity contribution in [3.63, 3.8) is 0 Å². The van der Waals surface area contributed by atoms with Gasteiger partial charge in [0.1, 0.15) is 12.4 Å². The van der Waals surface area contributed by atoms with Crippen molar-refractivity contribution in [2.75, 3.05) is 13.2 Å². The van der Waals surface area contributed by atoms with Gasteiger partial charge in [0.25, 0.3) is 5.91 Å². The average molecular weight is 302 g/mol. The van der Waals surface area contributed by atoms with Crippen LogP contribution in [0.3, 0.4) is 0 Å². The third kappa shape index (κ3) is 4.20. The van der Waals surface area contributed by atoms with Gasteiger partial charge in [-0.3, -0.25) is 9.59 Å². The van der Waals surface area contributed by atoms with Gasteiger partial charge >= 0.3 is 5.97 Å². The number of ether oxygens (including phenoxy) is 1. The van der Waals surface area contributed by atoms with E-state index in [4.69, 9.17) is 16.3 Å². The number of carbonyl (C=O) groups excluding carboxylic acids is 2. The molecule has 1 amide bonds. The molecule has 1 aromatic rings. The molecule has 0 bridgehead atoms. The third-order valence-electron chi connectivity index (χ3n) is 2.66. The first-order valence-corrected chi connectivity index (χ1v) is 6.66. The van der Waals surface area contributed by atoms with Gasteiger partial charge in [0.2, 0.25) is 0 Å². The second-order valence-electron chi connectivity index (χ2n) is 4.46. The van der Waals surface area contributed by atoms with Crippen LogP contribution in [0.5, 0.6) is 0 Å². The summed E-state index contributed by atoms with van der Waals surface area (Å²) in [6.45, 7) is 5.35. The van der Waals surface area contributed by atoms with Crippen molar-refractivity contribution in [1.29, 1.82) is 0 Å². The van der Waals surface area contributed by atoms with Crippen LogP contribution in [0.4, 0.5) is 4.39 Å². The molecule has 0 spiro atoms. The van der Waals surface area contributed by atoms with E-state index < -0.39 is 17.7 Å². The van der Waals surface area contributed by atoms with Crippen LogP contribution in [0.1, 0.15) is 31.1 Å². The van der Waals surface area contributed by atoms with Crippen LogP contribution in [-0.2, 0) is 9.53 Å². The van der Waals surface area contributed by atoms with Gasteiger partial charge in [-0.1, -0.05) is 11.6 Å². The average Bonchev–Trinajstić information content (AvgIpc) is 2.38. The molecule has 0 atom stereocenters. The Morgan fingerprint density at radius 1 is 1.40 bits per heavy atom. The highest BCUT2D eigenvalue weighted by Crippen LogP contribution is 2.18. The van der Waals surface area contributed by atoms with E-state index in [-0.39, 0.29) is 29.8 Å². The summed E-state index contributed by atoms with van der Waals surface area (Å²) in [5.74, 6) is -1.47. The first kappa shape index (κ1) is 16.4. The fourth-order valence-corrected chi connectivity index (χ4v) is 1.81. The van der Waals surface area contributed by atoms with Crippen molar-refractivity contribution < 1.29 is 18.7 Å². The Bertz CT molecular complexity index is 505. The van der Waals surface area contributed by atoms with Crippen molar-refractivity contribution in [3.8, 4) is 0 Å². The summed E-state index contributed by atoms with van der Waals surface area (Å²) in [5, 5.41) is -0.129. The first-order chi connectivity index (χ1) is 9.36. The maximum atomic E-state index is 13.1. The number of amides is 1. The van der Waals surface area contributed by atoms with E-state index in [0.29, 0.717) is 0 Å². The van der Waals surface area contributed by atoms with Gasteiger partial charge in [0.05, 0.1) is 11.6 Å². The molecule has 110 valence electrons. The summed E-state index contributed by atoms with van der Waals surface area (Å²) in [7, 11) is 0. The molecule has 6 heteroatoms. The smallest absolute Gasteiger partial charge is 0.325 e. The third-order valence-corrected chi connectivity index (χ3v) is 2.95. The zero-order valence-corrected chi connectivity index (χ0v) is 12.4. The van der Waals surface area contributed by atoms with E-state index in [1.54, 1.807) is 20.8 Å². The van der Waals surface area contributed by atoms with E-state index in [9.17, 15) is 14.0 Å². The molecule has 4 nitrogen and oxygen atoms in total. The summed E-state index contributed by atoms with van der Waals surface area (Å²) in [5.41, 5.74) is 0.231. The van der Waals surface area contributed by atoms with Gasteiger partial charge < -0.3 is 9.64 Å². The summed E-state index contributed by atoms with van der Waals surface area (Å²) < 4.78 is 17.9. The van der Waals surface area contributed by atoms with Gasteiger partial charge in [-0.25, -0.2) is 4.39 Å². The molecule has 0 aromatic heterocycles. The molecule has 0 N–H and O–H groups in total. The number of rotatable bonds is 5. The molecule has 0 aliphatic heterocycles. The van der Waals surface area contributed by atoms with E-state index in [1.165, 1.54) is 17.0 Å². The monoisotopic (exact) mass is 301 g/mol. The number of benzene rings is 1. The number of hydrogen-bond acceptors (Lipinski definition) is 3. The van der Waals surface area contributed by atoms with Gasteiger partial charge in [0, 0.05) is 11.6 Å². The Kier molecular flexibility index (Phi) is 5.95. The SMILES string of the molecule is CCOC(=O)CN(C(=O)c1ccc(F)c(Cl)c1)C(C)C. The number of halogens is 2. The molecule has 0 saturated heterocycles. The second-order valence-corrected chi connectivity index (χ2v) is 4.87. The van der Waals surface area contributed by atoms with Crippen LogP contribution in [0.2, 0.25) is 5.02 Å². The fraction of sp³-hybridized carbons (Fsp3) is 0.429. The van der Waals surface area contributed by atoms with Crippen molar-refractivity contribution in [1.82, 2.24) is 4.90 Å². The van der Waals surface area contributed by atoms with E-state index in [1.807, 2.05) is 0 Å². The van der Waals surface area contributed by atoms with Crippen molar-refractivity contribution >= 4 is 23.5 Å². The molecule has 0 unspecified atom stereocenters. The molecule has 0 aliphatic carbocycles. The summed E-state index contributed by atoms with van der Waals surface area (Å²) in [6.07, 6.45) is 0. The van der Waals surface area contributed by atoms with Crippen LogP contribution in [-0.4, -0.2) is 36.0 Å². The van der Waals surface area contributed by atoms with Gasteiger partial charge in [-0.2, -0.15) is 0 Å². The first-order valence-electron chi connectivity index (χ1n) is 6.28. The highest BCUT2D eigenvalue weighted by atomic mass is 35.5. The standard InChI is InChI=1S/C14H17ClFNO3/c1-4-20-13(18)8-17(9(2)3)14(19)10-5-6-12(16)11(15)7-10/h5-7,9H,4,8H2,1-3H3. The highest BCUT2D eigenvalue weighted by molar-refractivity contribution is 6.31. The zero-order chi connectivity index (χ0) is 15.3. The number of esters is 1. The maximum Gasteiger partial charge on any atom is 0.325 e. The quantitative estimate of drug-likeness (QED) is 0.786. The largest absolute Gasteiger partial charge is 0.465 e. The maximum absolute atomic E-state index is 13.1. The Balaban J connectivity index is 2.93. The van der Waals surface area contributed by atoms with Gasteiger partial charge in [-0.15, -0.1) is 0 Å². The van der Waals surface area contributed by atoms with E-state index >= 15 is 0 Å². The molecular weight excluding hydrogens is 285 g/mol. The Hall–Kier alpha value is -1.62. The molecule has 0 fully saturated rings. The lowest BCUT2D eigenvalue weighted by Gasteiger charge is -2.25. The lowest BCUT2D eigenvalue weighted by atomic mass is 10.1. The summed E-state index contributed by atoms with van der Waals surface area (Å²) in [6, 6.07) is 3.51. The molecule has 20 heavy (non-hydrogen) atoms. The number of hydrogen-bond donors (Lipinski definition) is 0. The Morgan fingerprint density at radius 3 is 2.55 bits per heavy atom. The highest BCUT2D eigenvalue weighted by Gasteiger charge is 2.22. The van der Waals surface area contributed by atoms with Crippen LogP contribution in [0, 0.1) is 5.82 Å². The van der Waals surface area contributed by atoms with Crippen molar-refractivity contribution in [2.24, 2.45) is 0 Å². The minimum atomic E-state index is -0.593. The minimum Gasteiger partial charge on any atom is -0.465 e. The minimum absolute atomic E-state index is 0.129. The van der Waals surface area contributed by atoms with Crippen LogP contribution >= 0.6 is 11.6 Å². The van der Waals surface area contributed by atoms with Gasteiger partial charge in [0.15, 0.2) is 0 Å². The van der Waals surface area contributed by atoms with Crippen molar-refractivity contribution in [2.45, 2.75) is 26.8 Å². The normalized spacial score (nSPS) is 10.5. The summed E-state index contributed by atoms with van der Waals surface area (Å²) >= 11 is 5.66. The lowest BCUT2D eigenvalue weighted by molar-refractivity contribution is -0.144. The number of carbonyl (C=O) groups is 2. The van der Waals surface area contributed by atoms with Crippen LogP contribution in [0.25, 0.3) is 0 Å². The molecule has 1 rings (SSSR count). The second kappa shape index (κ2) is 7.24. The molecular formula is C14H17ClFNO3. The molecule has 1 aromatic carbocycles. The number of nitrogens with zero attached hydrogens (tertiary/aromatic N) is 1. The van der Waals surface area contributed by atoms with Crippen LogP contribution in [0.15, 0.2) is 18.2 Å². The van der Waals surface area contributed by atoms with Gasteiger partial charge in [-0.05, 0) is 39.0 Å². The van der Waals surface area contributed by atoms with E-state index in [2.05, 4.69) is 0 Å².